The van der Waals surface area contributed by atoms with E-state index in [1.54, 1.807) is 25.1 Å². The first-order valence-corrected chi connectivity index (χ1v) is 10.5. The Hall–Kier alpha value is -1.35. The van der Waals surface area contributed by atoms with Gasteiger partial charge < -0.3 is 15.2 Å². The van der Waals surface area contributed by atoms with E-state index in [1.165, 1.54) is 4.31 Å². The normalized spacial score (nSPS) is 21.7. The molecule has 1 aromatic rings. The number of fused-ring (bicyclic) bond motifs is 1. The molecular weight excluding hydrogens is 392 g/mol. The quantitative estimate of drug-likeness (QED) is 0.731. The summed E-state index contributed by atoms with van der Waals surface area (Å²) in [4.78, 5) is 12.1. The highest BCUT2D eigenvalue weighted by Crippen LogP contribution is 2.33. The highest BCUT2D eigenvalue weighted by atomic mass is 35.5. The number of rotatable bonds is 5. The minimum absolute atomic E-state index is 0. The number of hydrogen-bond donors (Lipinski definition) is 1. The number of carbonyl (C=O) groups excluding carboxylic acids is 1. The summed E-state index contributed by atoms with van der Waals surface area (Å²) >= 11 is 0. The van der Waals surface area contributed by atoms with E-state index >= 15 is 0 Å². The molecule has 27 heavy (non-hydrogen) atoms. The summed E-state index contributed by atoms with van der Waals surface area (Å²) in [6.45, 7) is 4.95. The number of hydrogen-bond acceptors (Lipinski definition) is 6. The average Bonchev–Trinajstić information content (AvgIpc) is 3.05. The summed E-state index contributed by atoms with van der Waals surface area (Å²) in [6.07, 6.45) is 1.17. The fourth-order valence-electron chi connectivity index (χ4n) is 3.54. The van der Waals surface area contributed by atoms with E-state index in [2.05, 4.69) is 0 Å². The Morgan fingerprint density at radius 2 is 2.04 bits per heavy atom. The van der Waals surface area contributed by atoms with Gasteiger partial charge in [0.15, 0.2) is 6.10 Å². The number of ether oxygens (including phenoxy) is 2. The molecule has 2 aliphatic heterocycles. The smallest absolute Gasteiger partial charge is 0.347 e. The molecule has 1 aromatic carbocycles. The fourth-order valence-corrected chi connectivity index (χ4v) is 5.06. The second kappa shape index (κ2) is 8.77. The van der Waals surface area contributed by atoms with Gasteiger partial charge in [0, 0.05) is 25.6 Å². The number of sulfonamides is 1. The van der Waals surface area contributed by atoms with Gasteiger partial charge in [-0.05, 0) is 56.4 Å². The lowest BCUT2D eigenvalue weighted by Crippen LogP contribution is -2.42. The van der Waals surface area contributed by atoms with Gasteiger partial charge in [0.1, 0.15) is 5.75 Å². The Labute approximate surface area is 166 Å². The molecule has 0 bridgehead atoms. The van der Waals surface area contributed by atoms with Crippen LogP contribution >= 0.6 is 12.4 Å². The summed E-state index contributed by atoms with van der Waals surface area (Å²) in [5.41, 5.74) is 6.65. The Bertz CT molecular complexity index is 776. The van der Waals surface area contributed by atoms with Crippen molar-refractivity contribution in [2.45, 2.75) is 50.2 Å². The molecule has 152 valence electrons. The molecule has 7 nitrogen and oxygen atoms in total. The monoisotopic (exact) mass is 418 g/mol. The highest BCUT2D eigenvalue weighted by Gasteiger charge is 2.34. The first-order valence-electron chi connectivity index (χ1n) is 9.05. The summed E-state index contributed by atoms with van der Waals surface area (Å²) in [7, 11) is -3.56. The summed E-state index contributed by atoms with van der Waals surface area (Å²) in [5, 5.41) is 0. The molecule has 0 aromatic heterocycles. The molecular formula is C18H27ClN2O5S. The maximum atomic E-state index is 12.9. The summed E-state index contributed by atoms with van der Waals surface area (Å²) in [6, 6.07) is 4.86. The van der Waals surface area contributed by atoms with Gasteiger partial charge in [0.2, 0.25) is 10.0 Å². The average molecular weight is 419 g/mol. The first kappa shape index (κ1) is 21.9. The van der Waals surface area contributed by atoms with Gasteiger partial charge in [-0.3, -0.25) is 0 Å². The largest absolute Gasteiger partial charge is 0.478 e. The molecule has 2 N–H and O–H groups in total. The van der Waals surface area contributed by atoms with Crippen molar-refractivity contribution in [1.29, 1.82) is 0 Å². The lowest BCUT2D eigenvalue weighted by atomic mass is 9.92. The van der Waals surface area contributed by atoms with Crippen LogP contribution in [0, 0.1) is 5.92 Å². The number of nitrogens with zero attached hydrogens (tertiary/aromatic N) is 1. The third-order valence-corrected chi connectivity index (χ3v) is 7.03. The van der Waals surface area contributed by atoms with E-state index in [4.69, 9.17) is 15.2 Å². The van der Waals surface area contributed by atoms with Gasteiger partial charge in [-0.25, -0.2) is 13.2 Å². The van der Waals surface area contributed by atoms with Crippen LogP contribution in [0.2, 0.25) is 0 Å². The molecule has 2 aliphatic rings. The molecule has 0 saturated carbocycles. The Kier molecular flexibility index (Phi) is 7.13. The standard InChI is InChI=1S/C18H26N2O5S.ClH/c1-3-24-18(21)17-11-14-10-15(4-5-16(14)25-17)26(22,23)20-8-6-13(7-9-20)12(2)19;/h4-5,10,12-13,17H,3,6-9,11,19H2,1-2H3;1H. The van der Waals surface area contributed by atoms with Gasteiger partial charge in [0.25, 0.3) is 0 Å². The van der Waals surface area contributed by atoms with Crippen molar-refractivity contribution in [3.63, 3.8) is 0 Å². The van der Waals surface area contributed by atoms with Crippen LogP contribution in [0.4, 0.5) is 0 Å². The third kappa shape index (κ3) is 4.56. The molecule has 9 heteroatoms. The van der Waals surface area contributed by atoms with Crippen molar-refractivity contribution in [1.82, 2.24) is 4.31 Å². The number of nitrogens with two attached hydrogens (primary N) is 1. The van der Waals surface area contributed by atoms with E-state index in [1.807, 2.05) is 6.92 Å². The third-order valence-electron chi connectivity index (χ3n) is 5.14. The van der Waals surface area contributed by atoms with Gasteiger partial charge in [0.05, 0.1) is 11.5 Å². The Balaban J connectivity index is 0.00000261. The van der Waals surface area contributed by atoms with Crippen molar-refractivity contribution in [2.24, 2.45) is 11.7 Å². The maximum absolute atomic E-state index is 12.9. The van der Waals surface area contributed by atoms with Gasteiger partial charge in [-0.15, -0.1) is 12.4 Å². The molecule has 0 spiro atoms. The Morgan fingerprint density at radius 1 is 1.37 bits per heavy atom. The predicted molar refractivity (Wildman–Crippen MR) is 104 cm³/mol. The van der Waals surface area contributed by atoms with Crippen molar-refractivity contribution in [3.05, 3.63) is 23.8 Å². The molecule has 0 amide bonds. The van der Waals surface area contributed by atoms with Crippen LogP contribution in [0.1, 0.15) is 32.3 Å². The van der Waals surface area contributed by atoms with E-state index in [-0.39, 0.29) is 30.0 Å². The van der Waals surface area contributed by atoms with Crippen LogP contribution in [0.25, 0.3) is 0 Å². The van der Waals surface area contributed by atoms with Crippen LogP contribution in [0.3, 0.4) is 0 Å². The summed E-state index contributed by atoms with van der Waals surface area (Å²) < 4.78 is 38.0. The number of carbonyl (C=O) groups is 1. The molecule has 2 atom stereocenters. The van der Waals surface area contributed by atoms with Gasteiger partial charge in [-0.1, -0.05) is 0 Å². The second-order valence-electron chi connectivity index (χ2n) is 6.93. The molecule has 1 saturated heterocycles. The predicted octanol–water partition coefficient (Wildman–Crippen LogP) is 1.72. The molecule has 2 unspecified atom stereocenters. The Morgan fingerprint density at radius 3 is 2.63 bits per heavy atom. The zero-order valence-electron chi connectivity index (χ0n) is 15.6. The van der Waals surface area contributed by atoms with Crippen molar-refractivity contribution >= 4 is 28.4 Å². The van der Waals surface area contributed by atoms with E-state index < -0.39 is 22.1 Å². The molecule has 3 rings (SSSR count). The number of halogens is 1. The molecule has 0 aliphatic carbocycles. The lowest BCUT2D eigenvalue weighted by molar-refractivity contribution is -0.150. The lowest BCUT2D eigenvalue weighted by Gasteiger charge is -2.33. The number of benzene rings is 1. The van der Waals surface area contributed by atoms with Crippen LogP contribution in [0.15, 0.2) is 23.1 Å². The van der Waals surface area contributed by atoms with Crippen molar-refractivity contribution < 1.29 is 22.7 Å². The number of esters is 1. The second-order valence-corrected chi connectivity index (χ2v) is 8.87. The zero-order chi connectivity index (χ0) is 18.9. The first-order chi connectivity index (χ1) is 12.3. The van der Waals surface area contributed by atoms with Crippen molar-refractivity contribution in [3.8, 4) is 5.75 Å². The van der Waals surface area contributed by atoms with E-state index in [9.17, 15) is 13.2 Å². The maximum Gasteiger partial charge on any atom is 0.347 e. The van der Waals surface area contributed by atoms with Gasteiger partial charge >= 0.3 is 5.97 Å². The number of piperidine rings is 1. The van der Waals surface area contributed by atoms with Crippen LogP contribution < -0.4 is 10.5 Å². The minimum atomic E-state index is -3.56. The van der Waals surface area contributed by atoms with Crippen LogP contribution in [-0.2, 0) is 26.0 Å². The zero-order valence-corrected chi connectivity index (χ0v) is 17.2. The van der Waals surface area contributed by atoms with Crippen LogP contribution in [-0.4, -0.2) is 50.5 Å². The molecule has 1 fully saturated rings. The molecule has 2 heterocycles. The van der Waals surface area contributed by atoms with Gasteiger partial charge in [-0.2, -0.15) is 4.31 Å². The topological polar surface area (TPSA) is 98.9 Å². The van der Waals surface area contributed by atoms with E-state index in [0.717, 1.165) is 18.4 Å². The molecule has 0 radical (unpaired) electrons. The van der Waals surface area contributed by atoms with E-state index in [0.29, 0.717) is 31.2 Å². The van der Waals surface area contributed by atoms with Crippen LogP contribution in [0.5, 0.6) is 5.75 Å². The highest BCUT2D eigenvalue weighted by molar-refractivity contribution is 7.89. The fraction of sp³-hybridized carbons (Fsp3) is 0.611. The summed E-state index contributed by atoms with van der Waals surface area (Å²) in [5.74, 6) is 0.476. The van der Waals surface area contributed by atoms with Crippen molar-refractivity contribution in [2.75, 3.05) is 19.7 Å². The minimum Gasteiger partial charge on any atom is -0.478 e. The SMILES string of the molecule is CCOC(=O)C1Cc2cc(S(=O)(=O)N3CCC(C(C)N)CC3)ccc2O1.Cl.